The van der Waals surface area contributed by atoms with Crippen molar-refractivity contribution in [3.05, 3.63) is 33.8 Å². The minimum atomic E-state index is -0.348. The van der Waals surface area contributed by atoms with Gasteiger partial charge in [-0.05, 0) is 24.6 Å². The van der Waals surface area contributed by atoms with E-state index in [0.717, 1.165) is 5.56 Å². The van der Waals surface area contributed by atoms with Gasteiger partial charge >= 0.3 is 5.97 Å². The Labute approximate surface area is 105 Å². The molecule has 1 rings (SSSR count). The van der Waals surface area contributed by atoms with Crippen molar-refractivity contribution in [2.45, 2.75) is 19.5 Å². The number of carbonyl (C=O) groups excluding carboxylic acids is 1. The van der Waals surface area contributed by atoms with Crippen LogP contribution in [0.2, 0.25) is 10.0 Å². The topological polar surface area (TPSA) is 38.3 Å². The summed E-state index contributed by atoms with van der Waals surface area (Å²) in [4.78, 5) is 11.1. The summed E-state index contributed by atoms with van der Waals surface area (Å²) < 4.78 is 4.59. The van der Waals surface area contributed by atoms with Crippen LogP contribution in [0.1, 0.15) is 12.5 Å². The van der Waals surface area contributed by atoms with Crippen LogP contribution in [0.25, 0.3) is 0 Å². The normalized spacial score (nSPS) is 12.2. The van der Waals surface area contributed by atoms with Crippen LogP contribution >= 0.6 is 23.2 Å². The standard InChI is InChI=1S/C11H13Cl2NO2/c1-7(11(15)16-2)14-6-8-3-4-9(12)10(13)5-8/h3-5,7,14H,6H2,1-2H3/t7-/m0/s1. The van der Waals surface area contributed by atoms with E-state index in [9.17, 15) is 4.79 Å². The SMILES string of the molecule is COC(=O)[C@H](C)NCc1ccc(Cl)c(Cl)c1. The van der Waals surface area contributed by atoms with Crippen LogP contribution in [0.15, 0.2) is 18.2 Å². The molecule has 0 aliphatic heterocycles. The van der Waals surface area contributed by atoms with Gasteiger partial charge in [-0.25, -0.2) is 0 Å². The van der Waals surface area contributed by atoms with Crippen LogP contribution in [0.4, 0.5) is 0 Å². The molecule has 1 atom stereocenters. The lowest BCUT2D eigenvalue weighted by atomic mass is 10.2. The summed E-state index contributed by atoms with van der Waals surface area (Å²) >= 11 is 11.7. The molecule has 1 aromatic carbocycles. The van der Waals surface area contributed by atoms with Gasteiger partial charge in [0.2, 0.25) is 0 Å². The maximum atomic E-state index is 11.1. The van der Waals surface area contributed by atoms with E-state index >= 15 is 0 Å². The molecule has 88 valence electrons. The lowest BCUT2D eigenvalue weighted by Crippen LogP contribution is -2.34. The first-order valence-corrected chi connectivity index (χ1v) is 5.55. The fourth-order valence-electron chi connectivity index (χ4n) is 1.18. The Morgan fingerprint density at radius 1 is 1.44 bits per heavy atom. The molecule has 1 N–H and O–H groups in total. The van der Waals surface area contributed by atoms with Crippen molar-refractivity contribution in [3.8, 4) is 0 Å². The van der Waals surface area contributed by atoms with Crippen LogP contribution in [-0.2, 0) is 16.1 Å². The maximum Gasteiger partial charge on any atom is 0.322 e. The van der Waals surface area contributed by atoms with Crippen LogP contribution in [0, 0.1) is 0 Å². The Bertz CT molecular complexity index is 382. The van der Waals surface area contributed by atoms with Gasteiger partial charge in [0.15, 0.2) is 0 Å². The zero-order valence-corrected chi connectivity index (χ0v) is 10.6. The Kier molecular flexibility index (Phi) is 5.06. The fourth-order valence-corrected chi connectivity index (χ4v) is 1.50. The van der Waals surface area contributed by atoms with Crippen LogP contribution in [0.5, 0.6) is 0 Å². The highest BCUT2D eigenvalue weighted by molar-refractivity contribution is 6.42. The van der Waals surface area contributed by atoms with Gasteiger partial charge in [-0.15, -0.1) is 0 Å². The molecule has 0 amide bonds. The number of hydrogen-bond donors (Lipinski definition) is 1. The molecule has 1 aromatic rings. The van der Waals surface area contributed by atoms with Gasteiger partial charge in [-0.3, -0.25) is 4.79 Å². The number of hydrogen-bond acceptors (Lipinski definition) is 3. The fraction of sp³-hybridized carbons (Fsp3) is 0.364. The monoisotopic (exact) mass is 261 g/mol. The minimum Gasteiger partial charge on any atom is -0.468 e. The van der Waals surface area contributed by atoms with Gasteiger partial charge in [0, 0.05) is 6.54 Å². The van der Waals surface area contributed by atoms with E-state index in [1.807, 2.05) is 6.07 Å². The molecule has 0 fully saturated rings. The van der Waals surface area contributed by atoms with Gasteiger partial charge in [0.1, 0.15) is 6.04 Å². The average Bonchev–Trinajstić information content (AvgIpc) is 2.29. The summed E-state index contributed by atoms with van der Waals surface area (Å²) in [5.74, 6) is -0.292. The maximum absolute atomic E-state index is 11.1. The smallest absolute Gasteiger partial charge is 0.322 e. The summed E-state index contributed by atoms with van der Waals surface area (Å²) in [6.45, 7) is 2.27. The lowest BCUT2D eigenvalue weighted by Gasteiger charge is -2.11. The van der Waals surface area contributed by atoms with Crippen molar-refractivity contribution in [1.82, 2.24) is 5.32 Å². The van der Waals surface area contributed by atoms with Gasteiger partial charge in [0.05, 0.1) is 17.2 Å². The molecule has 0 radical (unpaired) electrons. The average molecular weight is 262 g/mol. The van der Waals surface area contributed by atoms with Crippen molar-refractivity contribution in [2.75, 3.05) is 7.11 Å². The molecular weight excluding hydrogens is 249 g/mol. The number of nitrogens with one attached hydrogen (secondary N) is 1. The first-order valence-electron chi connectivity index (χ1n) is 4.79. The van der Waals surface area contributed by atoms with Crippen molar-refractivity contribution in [1.29, 1.82) is 0 Å². The van der Waals surface area contributed by atoms with E-state index in [1.165, 1.54) is 7.11 Å². The third kappa shape index (κ3) is 3.67. The van der Waals surface area contributed by atoms with E-state index in [4.69, 9.17) is 23.2 Å². The zero-order chi connectivity index (χ0) is 12.1. The Hall–Kier alpha value is -0.770. The lowest BCUT2D eigenvalue weighted by molar-refractivity contribution is -0.142. The van der Waals surface area contributed by atoms with Gasteiger partial charge < -0.3 is 10.1 Å². The third-order valence-corrected chi connectivity index (χ3v) is 2.89. The molecule has 0 heterocycles. The molecule has 3 nitrogen and oxygen atoms in total. The zero-order valence-electron chi connectivity index (χ0n) is 9.09. The molecule has 5 heteroatoms. The van der Waals surface area contributed by atoms with Crippen molar-refractivity contribution in [3.63, 3.8) is 0 Å². The quantitative estimate of drug-likeness (QED) is 0.848. The van der Waals surface area contributed by atoms with E-state index in [1.54, 1.807) is 19.1 Å². The second kappa shape index (κ2) is 6.09. The second-order valence-electron chi connectivity index (χ2n) is 3.37. The van der Waals surface area contributed by atoms with Gasteiger partial charge in [0.25, 0.3) is 0 Å². The Morgan fingerprint density at radius 2 is 2.12 bits per heavy atom. The number of benzene rings is 1. The summed E-state index contributed by atoms with van der Waals surface area (Å²) in [5, 5.41) is 4.05. The molecule has 0 aliphatic rings. The summed E-state index contributed by atoms with van der Waals surface area (Å²) in [5.41, 5.74) is 0.963. The van der Waals surface area contributed by atoms with Crippen molar-refractivity contribution >= 4 is 29.2 Å². The number of methoxy groups -OCH3 is 1. The predicted octanol–water partition coefficient (Wildman–Crippen LogP) is 2.64. The van der Waals surface area contributed by atoms with Gasteiger partial charge in [-0.2, -0.15) is 0 Å². The van der Waals surface area contributed by atoms with E-state index < -0.39 is 0 Å². The Morgan fingerprint density at radius 3 is 2.69 bits per heavy atom. The molecule has 0 bridgehead atoms. The van der Waals surface area contributed by atoms with E-state index in [-0.39, 0.29) is 12.0 Å². The summed E-state index contributed by atoms with van der Waals surface area (Å²) in [6.07, 6.45) is 0. The minimum absolute atomic E-state index is 0.292. The predicted molar refractivity (Wildman–Crippen MR) is 64.8 cm³/mol. The number of carbonyl (C=O) groups is 1. The summed E-state index contributed by atoms with van der Waals surface area (Å²) in [7, 11) is 1.36. The number of esters is 1. The highest BCUT2D eigenvalue weighted by Gasteiger charge is 2.11. The molecule has 16 heavy (non-hydrogen) atoms. The first kappa shape index (κ1) is 13.3. The van der Waals surface area contributed by atoms with Crippen LogP contribution < -0.4 is 5.32 Å². The molecule has 0 aliphatic carbocycles. The van der Waals surface area contributed by atoms with E-state index in [0.29, 0.717) is 16.6 Å². The second-order valence-corrected chi connectivity index (χ2v) is 4.19. The third-order valence-electron chi connectivity index (χ3n) is 2.15. The highest BCUT2D eigenvalue weighted by Crippen LogP contribution is 2.22. The van der Waals surface area contributed by atoms with Crippen LogP contribution in [0.3, 0.4) is 0 Å². The largest absolute Gasteiger partial charge is 0.468 e. The summed E-state index contributed by atoms with van der Waals surface area (Å²) in [6, 6.07) is 5.00. The highest BCUT2D eigenvalue weighted by atomic mass is 35.5. The molecular formula is C11H13Cl2NO2. The van der Waals surface area contributed by atoms with E-state index in [2.05, 4.69) is 10.1 Å². The molecule has 0 spiro atoms. The molecule has 0 aromatic heterocycles. The first-order chi connectivity index (χ1) is 7.54. The number of halogens is 2. The van der Waals surface area contributed by atoms with Gasteiger partial charge in [-0.1, -0.05) is 29.3 Å². The van der Waals surface area contributed by atoms with Crippen LogP contribution in [-0.4, -0.2) is 19.1 Å². The van der Waals surface area contributed by atoms with Crippen molar-refractivity contribution < 1.29 is 9.53 Å². The van der Waals surface area contributed by atoms with Crippen molar-refractivity contribution in [2.24, 2.45) is 0 Å². The molecule has 0 unspecified atom stereocenters. The number of ether oxygens (including phenoxy) is 1. The Balaban J connectivity index is 2.55. The number of rotatable bonds is 4. The molecule has 0 saturated heterocycles. The molecule has 0 saturated carbocycles.